The maximum absolute atomic E-state index is 13.9. The summed E-state index contributed by atoms with van der Waals surface area (Å²) in [5.74, 6) is -1.86. The van der Waals surface area contributed by atoms with Gasteiger partial charge in [-0.2, -0.15) is 0 Å². The van der Waals surface area contributed by atoms with Crippen LogP contribution in [0.25, 0.3) is 11.3 Å². The van der Waals surface area contributed by atoms with E-state index in [1.54, 1.807) is 12.1 Å². The SMILES string of the molecule is O=C(Nc1cc(-c2ccco2)ccc1F)C(=O)NC1CCC(O)CC1. The van der Waals surface area contributed by atoms with Crippen molar-refractivity contribution >= 4 is 17.5 Å². The third-order valence-corrected chi connectivity index (χ3v) is 4.26. The zero-order chi connectivity index (χ0) is 17.8. The number of aliphatic hydroxyl groups excluding tert-OH is 1. The molecule has 3 N–H and O–H groups in total. The second-order valence-electron chi connectivity index (χ2n) is 6.10. The van der Waals surface area contributed by atoms with Gasteiger partial charge in [0.1, 0.15) is 11.6 Å². The normalized spacial score (nSPS) is 20.1. The highest BCUT2D eigenvalue weighted by atomic mass is 19.1. The molecule has 7 heteroatoms. The second-order valence-corrected chi connectivity index (χ2v) is 6.10. The fraction of sp³-hybridized carbons (Fsp3) is 0.333. The Morgan fingerprint density at radius 2 is 1.88 bits per heavy atom. The van der Waals surface area contributed by atoms with E-state index in [0.29, 0.717) is 37.0 Å². The van der Waals surface area contributed by atoms with Crippen molar-refractivity contribution < 1.29 is 23.5 Å². The number of carbonyl (C=O) groups excluding carboxylic acids is 2. The summed E-state index contributed by atoms with van der Waals surface area (Å²) in [5.41, 5.74) is 0.497. The molecule has 1 aliphatic carbocycles. The Balaban J connectivity index is 1.64. The fourth-order valence-corrected chi connectivity index (χ4v) is 2.87. The zero-order valence-electron chi connectivity index (χ0n) is 13.5. The number of hydrogen-bond acceptors (Lipinski definition) is 4. The predicted molar refractivity (Wildman–Crippen MR) is 89.1 cm³/mol. The molecule has 2 aromatic rings. The van der Waals surface area contributed by atoms with Gasteiger partial charge in [-0.25, -0.2) is 4.39 Å². The lowest BCUT2D eigenvalue weighted by Crippen LogP contribution is -2.44. The van der Waals surface area contributed by atoms with Gasteiger partial charge in [0.05, 0.1) is 18.1 Å². The van der Waals surface area contributed by atoms with E-state index >= 15 is 0 Å². The number of nitrogens with one attached hydrogen (secondary N) is 2. The molecule has 0 atom stereocenters. The maximum atomic E-state index is 13.9. The highest BCUT2D eigenvalue weighted by Gasteiger charge is 2.24. The van der Waals surface area contributed by atoms with E-state index in [9.17, 15) is 19.1 Å². The Labute approximate surface area is 144 Å². The largest absolute Gasteiger partial charge is 0.464 e. The lowest BCUT2D eigenvalue weighted by atomic mass is 9.93. The molecule has 1 fully saturated rings. The average molecular weight is 346 g/mol. The first-order valence-electron chi connectivity index (χ1n) is 8.16. The van der Waals surface area contributed by atoms with Crippen LogP contribution < -0.4 is 10.6 Å². The number of carbonyl (C=O) groups is 2. The summed E-state index contributed by atoms with van der Waals surface area (Å²) in [5, 5.41) is 14.4. The maximum Gasteiger partial charge on any atom is 0.313 e. The van der Waals surface area contributed by atoms with Gasteiger partial charge in [-0.05, 0) is 56.0 Å². The molecule has 0 unspecified atom stereocenters. The van der Waals surface area contributed by atoms with Gasteiger partial charge in [0.25, 0.3) is 0 Å². The van der Waals surface area contributed by atoms with E-state index in [2.05, 4.69) is 10.6 Å². The van der Waals surface area contributed by atoms with Crippen LogP contribution >= 0.6 is 0 Å². The number of benzene rings is 1. The van der Waals surface area contributed by atoms with Gasteiger partial charge in [-0.3, -0.25) is 9.59 Å². The Kier molecular flexibility index (Phi) is 5.14. The molecule has 1 aliphatic rings. The molecule has 1 aromatic carbocycles. The molecule has 0 aliphatic heterocycles. The van der Waals surface area contributed by atoms with Gasteiger partial charge in [0.2, 0.25) is 0 Å². The van der Waals surface area contributed by atoms with E-state index in [4.69, 9.17) is 4.42 Å². The lowest BCUT2D eigenvalue weighted by molar-refractivity contribution is -0.136. The van der Waals surface area contributed by atoms with Crippen molar-refractivity contribution in [1.82, 2.24) is 5.32 Å². The first-order chi connectivity index (χ1) is 12.0. The minimum atomic E-state index is -0.929. The van der Waals surface area contributed by atoms with Crippen LogP contribution in [0.1, 0.15) is 25.7 Å². The number of furan rings is 1. The number of halogens is 1. The van der Waals surface area contributed by atoms with Gasteiger partial charge >= 0.3 is 11.8 Å². The summed E-state index contributed by atoms with van der Waals surface area (Å²) in [4.78, 5) is 24.0. The van der Waals surface area contributed by atoms with Crippen molar-refractivity contribution in [2.75, 3.05) is 5.32 Å². The lowest BCUT2D eigenvalue weighted by Gasteiger charge is -2.25. The van der Waals surface area contributed by atoms with Crippen molar-refractivity contribution in [1.29, 1.82) is 0 Å². The number of amides is 2. The topological polar surface area (TPSA) is 91.6 Å². The second kappa shape index (κ2) is 7.48. The summed E-state index contributed by atoms with van der Waals surface area (Å²) >= 11 is 0. The van der Waals surface area contributed by atoms with Crippen molar-refractivity contribution in [3.63, 3.8) is 0 Å². The van der Waals surface area contributed by atoms with Gasteiger partial charge in [-0.1, -0.05) is 0 Å². The van der Waals surface area contributed by atoms with Gasteiger partial charge in [0.15, 0.2) is 0 Å². The van der Waals surface area contributed by atoms with E-state index in [1.807, 2.05) is 0 Å². The zero-order valence-corrected chi connectivity index (χ0v) is 13.5. The number of hydrogen-bond donors (Lipinski definition) is 3. The smallest absolute Gasteiger partial charge is 0.313 e. The average Bonchev–Trinajstić information content (AvgIpc) is 3.13. The molecular formula is C18H19FN2O4. The van der Waals surface area contributed by atoms with E-state index in [1.165, 1.54) is 24.5 Å². The summed E-state index contributed by atoms with van der Waals surface area (Å²) in [7, 11) is 0. The number of anilines is 1. The summed E-state index contributed by atoms with van der Waals surface area (Å²) in [6, 6.07) is 7.40. The molecule has 1 heterocycles. The molecule has 0 saturated heterocycles. The van der Waals surface area contributed by atoms with Crippen LogP contribution in [-0.2, 0) is 9.59 Å². The summed E-state index contributed by atoms with van der Waals surface area (Å²) in [6.45, 7) is 0. The van der Waals surface area contributed by atoms with E-state index in [0.717, 1.165) is 0 Å². The van der Waals surface area contributed by atoms with Crippen LogP contribution in [0.15, 0.2) is 41.0 Å². The van der Waals surface area contributed by atoms with Crippen LogP contribution in [0.2, 0.25) is 0 Å². The van der Waals surface area contributed by atoms with Crippen molar-refractivity contribution in [3.05, 3.63) is 42.4 Å². The number of aliphatic hydroxyl groups is 1. The van der Waals surface area contributed by atoms with Gasteiger partial charge in [0, 0.05) is 11.6 Å². The monoisotopic (exact) mass is 346 g/mol. The quantitative estimate of drug-likeness (QED) is 0.745. The van der Waals surface area contributed by atoms with Crippen molar-refractivity contribution in [2.45, 2.75) is 37.8 Å². The van der Waals surface area contributed by atoms with Crippen LogP contribution in [0, 0.1) is 5.82 Å². The Hall–Kier alpha value is -2.67. The fourth-order valence-electron chi connectivity index (χ4n) is 2.87. The van der Waals surface area contributed by atoms with Crippen molar-refractivity contribution in [2.24, 2.45) is 0 Å². The first kappa shape index (κ1) is 17.2. The molecule has 1 aromatic heterocycles. The molecule has 0 radical (unpaired) electrons. The Morgan fingerprint density at radius 3 is 2.56 bits per heavy atom. The molecule has 2 amide bonds. The molecule has 0 spiro atoms. The highest BCUT2D eigenvalue weighted by molar-refractivity contribution is 6.39. The minimum absolute atomic E-state index is 0.0897. The third kappa shape index (κ3) is 4.24. The third-order valence-electron chi connectivity index (χ3n) is 4.26. The molecular weight excluding hydrogens is 327 g/mol. The summed E-state index contributed by atoms with van der Waals surface area (Å²) in [6.07, 6.45) is 3.55. The molecule has 132 valence electrons. The van der Waals surface area contributed by atoms with Gasteiger partial charge in [-0.15, -0.1) is 0 Å². The Morgan fingerprint density at radius 1 is 1.12 bits per heavy atom. The van der Waals surface area contributed by atoms with E-state index in [-0.39, 0.29) is 17.8 Å². The standard InChI is InChI=1S/C18H19FN2O4/c19-14-8-3-11(16-2-1-9-25-16)10-15(14)21-18(24)17(23)20-12-4-6-13(22)7-5-12/h1-3,8-10,12-13,22H,4-7H2,(H,20,23)(H,21,24). The van der Waals surface area contributed by atoms with Crippen LogP contribution in [-0.4, -0.2) is 29.1 Å². The van der Waals surface area contributed by atoms with Crippen LogP contribution in [0.5, 0.6) is 0 Å². The molecule has 0 bridgehead atoms. The van der Waals surface area contributed by atoms with Crippen LogP contribution in [0.4, 0.5) is 10.1 Å². The predicted octanol–water partition coefficient (Wildman–Crippen LogP) is 2.44. The van der Waals surface area contributed by atoms with Crippen molar-refractivity contribution in [3.8, 4) is 11.3 Å². The minimum Gasteiger partial charge on any atom is -0.464 e. The highest BCUT2D eigenvalue weighted by Crippen LogP contribution is 2.25. The molecule has 1 saturated carbocycles. The number of rotatable bonds is 3. The molecule has 6 nitrogen and oxygen atoms in total. The van der Waals surface area contributed by atoms with E-state index < -0.39 is 17.6 Å². The molecule has 3 rings (SSSR count). The summed E-state index contributed by atoms with van der Waals surface area (Å²) < 4.78 is 19.2. The van der Waals surface area contributed by atoms with Crippen LogP contribution in [0.3, 0.4) is 0 Å². The Bertz CT molecular complexity index is 752. The molecule has 25 heavy (non-hydrogen) atoms. The first-order valence-corrected chi connectivity index (χ1v) is 8.16. The van der Waals surface area contributed by atoms with Gasteiger partial charge < -0.3 is 20.2 Å².